The number of ether oxygens (including phenoxy) is 1. The molecule has 0 aliphatic rings. The molecule has 1 aromatic rings. The van der Waals surface area contributed by atoms with E-state index >= 15 is 0 Å². The molecule has 94 valence electrons. The van der Waals surface area contributed by atoms with E-state index in [2.05, 4.69) is 0 Å². The number of nitrogens with two attached hydrogens (primary N) is 1. The Morgan fingerprint density at radius 3 is 2.53 bits per heavy atom. The molecule has 0 heterocycles. The van der Waals surface area contributed by atoms with Gasteiger partial charge in [0.2, 0.25) is 0 Å². The highest BCUT2D eigenvalue weighted by Crippen LogP contribution is 2.20. The first kappa shape index (κ1) is 13.7. The van der Waals surface area contributed by atoms with Gasteiger partial charge in [0.25, 0.3) is 0 Å². The van der Waals surface area contributed by atoms with Gasteiger partial charge in [-0.25, -0.2) is 4.79 Å². The van der Waals surface area contributed by atoms with Gasteiger partial charge in [-0.15, -0.1) is 0 Å². The number of hydrogen-bond donors (Lipinski definition) is 2. The maximum atomic E-state index is 11.3. The lowest BCUT2D eigenvalue weighted by atomic mass is 9.92. The molecule has 2 unspecified atom stereocenters. The Bertz CT molecular complexity index is 366. The minimum atomic E-state index is -1.48. The third kappa shape index (κ3) is 3.28. The van der Waals surface area contributed by atoms with Gasteiger partial charge >= 0.3 is 5.97 Å². The summed E-state index contributed by atoms with van der Waals surface area (Å²) in [4.78, 5) is 11.3. The summed E-state index contributed by atoms with van der Waals surface area (Å²) in [6.07, 6.45) is 0.825. The second kappa shape index (κ2) is 5.80. The van der Waals surface area contributed by atoms with Crippen molar-refractivity contribution in [1.29, 1.82) is 0 Å². The molecule has 1 aromatic carbocycles. The van der Waals surface area contributed by atoms with Crippen LogP contribution in [-0.2, 0) is 15.1 Å². The van der Waals surface area contributed by atoms with E-state index in [1.807, 2.05) is 19.9 Å². The van der Waals surface area contributed by atoms with Crippen molar-refractivity contribution in [3.63, 3.8) is 0 Å². The smallest absolute Gasteiger partial charge is 0.330 e. The molecule has 4 heteroatoms. The van der Waals surface area contributed by atoms with Crippen molar-refractivity contribution in [2.45, 2.75) is 31.9 Å². The van der Waals surface area contributed by atoms with Crippen LogP contribution in [0.5, 0.6) is 0 Å². The Morgan fingerprint density at radius 2 is 2.06 bits per heavy atom. The summed E-state index contributed by atoms with van der Waals surface area (Å²) in [5, 5.41) is 9.27. The first-order valence-electron chi connectivity index (χ1n) is 5.70. The molecule has 0 aromatic heterocycles. The van der Waals surface area contributed by atoms with Crippen LogP contribution >= 0.6 is 0 Å². The predicted octanol–water partition coefficient (Wildman–Crippen LogP) is 1.74. The van der Waals surface area contributed by atoms with Crippen LogP contribution in [0.2, 0.25) is 0 Å². The van der Waals surface area contributed by atoms with Gasteiger partial charge in [0.05, 0.1) is 12.7 Å². The van der Waals surface area contributed by atoms with Gasteiger partial charge in [0.15, 0.2) is 5.54 Å². The average Bonchev–Trinajstić information content (AvgIpc) is 2.36. The van der Waals surface area contributed by atoms with E-state index in [1.165, 1.54) is 0 Å². The average molecular weight is 237 g/mol. The lowest BCUT2D eigenvalue weighted by molar-refractivity contribution is -0.147. The van der Waals surface area contributed by atoms with Crippen molar-refractivity contribution in [2.24, 2.45) is 5.73 Å². The number of carbonyl (C=O) groups is 1. The quantitative estimate of drug-likeness (QED) is 0.790. The SMILES string of the molecule is CCC(C)OCC(N)(C(=O)O)c1ccccc1. The predicted molar refractivity (Wildman–Crippen MR) is 65.6 cm³/mol. The number of hydrogen-bond acceptors (Lipinski definition) is 3. The number of benzene rings is 1. The van der Waals surface area contributed by atoms with E-state index < -0.39 is 11.5 Å². The molecule has 0 bridgehead atoms. The third-order valence-electron chi connectivity index (χ3n) is 2.84. The summed E-state index contributed by atoms with van der Waals surface area (Å²) in [6.45, 7) is 3.85. The second-order valence-corrected chi connectivity index (χ2v) is 4.17. The van der Waals surface area contributed by atoms with Gasteiger partial charge in [-0.3, -0.25) is 0 Å². The topological polar surface area (TPSA) is 72.5 Å². The second-order valence-electron chi connectivity index (χ2n) is 4.17. The van der Waals surface area contributed by atoms with Crippen molar-refractivity contribution >= 4 is 5.97 Å². The van der Waals surface area contributed by atoms with Gasteiger partial charge < -0.3 is 15.6 Å². The van der Waals surface area contributed by atoms with Crippen LogP contribution in [0.4, 0.5) is 0 Å². The zero-order chi connectivity index (χ0) is 12.9. The molecule has 0 saturated heterocycles. The van der Waals surface area contributed by atoms with Crippen LogP contribution in [0, 0.1) is 0 Å². The summed E-state index contributed by atoms with van der Waals surface area (Å²) >= 11 is 0. The highest BCUT2D eigenvalue weighted by Gasteiger charge is 2.36. The molecule has 0 fully saturated rings. The summed E-state index contributed by atoms with van der Waals surface area (Å²) in [5.74, 6) is -1.08. The van der Waals surface area contributed by atoms with Gasteiger partial charge in [-0.2, -0.15) is 0 Å². The lowest BCUT2D eigenvalue weighted by Gasteiger charge is -2.26. The highest BCUT2D eigenvalue weighted by molar-refractivity contribution is 5.80. The summed E-state index contributed by atoms with van der Waals surface area (Å²) in [7, 11) is 0. The van der Waals surface area contributed by atoms with E-state index in [0.29, 0.717) is 5.56 Å². The van der Waals surface area contributed by atoms with Gasteiger partial charge in [0.1, 0.15) is 0 Å². The molecule has 17 heavy (non-hydrogen) atoms. The molecule has 0 radical (unpaired) electrons. The van der Waals surface area contributed by atoms with E-state index in [9.17, 15) is 9.90 Å². The normalized spacial score (nSPS) is 16.2. The highest BCUT2D eigenvalue weighted by atomic mass is 16.5. The monoisotopic (exact) mass is 237 g/mol. The van der Waals surface area contributed by atoms with Crippen molar-refractivity contribution in [1.82, 2.24) is 0 Å². The first-order valence-corrected chi connectivity index (χ1v) is 5.70. The molecule has 1 rings (SSSR count). The third-order valence-corrected chi connectivity index (χ3v) is 2.84. The number of aliphatic carboxylic acids is 1. The summed E-state index contributed by atoms with van der Waals surface area (Å²) < 4.78 is 5.47. The number of rotatable bonds is 6. The molecule has 2 atom stereocenters. The standard InChI is InChI=1S/C13H19NO3/c1-3-10(2)17-9-13(14,12(15)16)11-7-5-4-6-8-11/h4-8,10H,3,9,14H2,1-2H3,(H,15,16). The molecule has 3 N–H and O–H groups in total. The molecule has 0 spiro atoms. The minimum absolute atomic E-state index is 0.000914. The molecule has 0 saturated carbocycles. The number of carboxylic acid groups (broad SMARTS) is 1. The largest absolute Gasteiger partial charge is 0.480 e. The van der Waals surface area contributed by atoms with E-state index in [0.717, 1.165) is 6.42 Å². The van der Waals surface area contributed by atoms with Gasteiger partial charge in [0, 0.05) is 0 Å². The zero-order valence-corrected chi connectivity index (χ0v) is 10.2. The summed E-state index contributed by atoms with van der Waals surface area (Å²) in [6, 6.07) is 8.76. The van der Waals surface area contributed by atoms with E-state index in [4.69, 9.17) is 10.5 Å². The Kier molecular flexibility index (Phi) is 4.66. The van der Waals surface area contributed by atoms with Gasteiger partial charge in [-0.05, 0) is 18.9 Å². The molecular weight excluding hydrogens is 218 g/mol. The maximum Gasteiger partial charge on any atom is 0.330 e. The Balaban J connectivity index is 2.87. The van der Waals surface area contributed by atoms with Crippen LogP contribution in [0.3, 0.4) is 0 Å². The van der Waals surface area contributed by atoms with Crippen molar-refractivity contribution in [2.75, 3.05) is 6.61 Å². The molecule has 0 aliphatic carbocycles. The fourth-order valence-corrected chi connectivity index (χ4v) is 1.40. The Labute approximate surface area is 101 Å². The molecule has 0 aliphatic heterocycles. The maximum absolute atomic E-state index is 11.3. The zero-order valence-electron chi connectivity index (χ0n) is 10.2. The van der Waals surface area contributed by atoms with Crippen LogP contribution in [0.25, 0.3) is 0 Å². The van der Waals surface area contributed by atoms with E-state index in [1.54, 1.807) is 24.3 Å². The Hall–Kier alpha value is -1.39. The molecule has 4 nitrogen and oxygen atoms in total. The van der Waals surface area contributed by atoms with Crippen molar-refractivity contribution in [3.05, 3.63) is 35.9 Å². The minimum Gasteiger partial charge on any atom is -0.480 e. The number of carboxylic acids is 1. The summed E-state index contributed by atoms with van der Waals surface area (Å²) in [5.41, 5.74) is 5.01. The van der Waals surface area contributed by atoms with Gasteiger partial charge in [-0.1, -0.05) is 37.3 Å². The Morgan fingerprint density at radius 1 is 1.47 bits per heavy atom. The fourth-order valence-electron chi connectivity index (χ4n) is 1.40. The van der Waals surface area contributed by atoms with Crippen LogP contribution in [0.15, 0.2) is 30.3 Å². The van der Waals surface area contributed by atoms with Crippen LogP contribution < -0.4 is 5.73 Å². The fraction of sp³-hybridized carbons (Fsp3) is 0.462. The van der Waals surface area contributed by atoms with E-state index in [-0.39, 0.29) is 12.7 Å². The van der Waals surface area contributed by atoms with Crippen molar-refractivity contribution < 1.29 is 14.6 Å². The lowest BCUT2D eigenvalue weighted by Crippen LogP contribution is -2.49. The molecular formula is C13H19NO3. The first-order chi connectivity index (χ1) is 8.00. The van der Waals surface area contributed by atoms with Crippen LogP contribution in [-0.4, -0.2) is 23.8 Å². The van der Waals surface area contributed by atoms with Crippen molar-refractivity contribution in [3.8, 4) is 0 Å². The molecule has 0 amide bonds. The van der Waals surface area contributed by atoms with Crippen LogP contribution in [0.1, 0.15) is 25.8 Å².